The van der Waals surface area contributed by atoms with E-state index < -0.39 is 0 Å². The molecular formula is C16H17N3O3. The first-order chi connectivity index (χ1) is 10.7. The zero-order valence-corrected chi connectivity index (χ0v) is 12.1. The average Bonchev–Trinajstić information content (AvgIpc) is 3.17. The number of hydrogen-bond donors (Lipinski definition) is 1. The lowest BCUT2D eigenvalue weighted by atomic mass is 9.99. The highest BCUT2D eigenvalue weighted by atomic mass is 16.5. The van der Waals surface area contributed by atoms with Gasteiger partial charge in [-0.15, -0.1) is 0 Å². The van der Waals surface area contributed by atoms with Crippen molar-refractivity contribution < 1.29 is 14.1 Å². The fourth-order valence-electron chi connectivity index (χ4n) is 2.62. The maximum Gasteiger partial charge on any atom is 0.239 e. The Morgan fingerprint density at radius 2 is 2.14 bits per heavy atom. The number of carbonyl (C=O) groups is 2. The molecule has 1 saturated heterocycles. The maximum atomic E-state index is 12.0. The Balaban J connectivity index is 1.52. The van der Waals surface area contributed by atoms with Crippen LogP contribution in [-0.2, 0) is 16.1 Å². The summed E-state index contributed by atoms with van der Waals surface area (Å²) >= 11 is 0. The SMILES string of the molecule is O=C(CN1C[C@@H](c2ccccc2)CC1=O)NCc1ccon1. The van der Waals surface area contributed by atoms with E-state index in [9.17, 15) is 9.59 Å². The van der Waals surface area contributed by atoms with Gasteiger partial charge in [-0.1, -0.05) is 35.5 Å². The summed E-state index contributed by atoms with van der Waals surface area (Å²) < 4.78 is 4.69. The van der Waals surface area contributed by atoms with Gasteiger partial charge in [-0.05, 0) is 5.56 Å². The minimum atomic E-state index is -0.190. The molecule has 0 saturated carbocycles. The van der Waals surface area contributed by atoms with E-state index in [1.165, 1.54) is 6.26 Å². The predicted molar refractivity (Wildman–Crippen MR) is 78.7 cm³/mol. The molecule has 2 amide bonds. The summed E-state index contributed by atoms with van der Waals surface area (Å²) in [4.78, 5) is 25.6. The number of nitrogens with one attached hydrogen (secondary N) is 1. The highest BCUT2D eigenvalue weighted by molar-refractivity contribution is 5.86. The van der Waals surface area contributed by atoms with Gasteiger partial charge in [0.25, 0.3) is 0 Å². The van der Waals surface area contributed by atoms with Crippen LogP contribution in [0.3, 0.4) is 0 Å². The lowest BCUT2D eigenvalue weighted by molar-refractivity contribution is -0.133. The monoisotopic (exact) mass is 299 g/mol. The first-order valence-corrected chi connectivity index (χ1v) is 7.21. The molecular weight excluding hydrogens is 282 g/mol. The van der Waals surface area contributed by atoms with Crippen LogP contribution in [0.15, 0.2) is 47.2 Å². The molecule has 0 unspecified atom stereocenters. The topological polar surface area (TPSA) is 75.4 Å². The minimum absolute atomic E-state index is 0.0189. The summed E-state index contributed by atoms with van der Waals surface area (Å²) in [5.41, 5.74) is 1.80. The van der Waals surface area contributed by atoms with Gasteiger partial charge in [0.15, 0.2) is 0 Å². The molecule has 0 aliphatic carbocycles. The Kier molecular flexibility index (Phi) is 4.18. The van der Waals surface area contributed by atoms with Gasteiger partial charge < -0.3 is 14.7 Å². The minimum Gasteiger partial charge on any atom is -0.364 e. The third-order valence-electron chi connectivity index (χ3n) is 3.78. The molecule has 2 heterocycles. The molecule has 3 rings (SSSR count). The highest BCUT2D eigenvalue weighted by Gasteiger charge is 2.31. The number of amides is 2. The summed E-state index contributed by atoms with van der Waals surface area (Å²) in [6, 6.07) is 11.6. The molecule has 114 valence electrons. The van der Waals surface area contributed by atoms with E-state index in [0.29, 0.717) is 25.2 Å². The highest BCUT2D eigenvalue weighted by Crippen LogP contribution is 2.27. The van der Waals surface area contributed by atoms with Gasteiger partial charge >= 0.3 is 0 Å². The molecule has 1 fully saturated rings. The number of carbonyl (C=O) groups excluding carboxylic acids is 2. The van der Waals surface area contributed by atoms with Crippen LogP contribution in [0, 0.1) is 0 Å². The number of aromatic nitrogens is 1. The summed E-state index contributed by atoms with van der Waals surface area (Å²) in [5.74, 6) is -0.00691. The van der Waals surface area contributed by atoms with Crippen LogP contribution in [0.5, 0.6) is 0 Å². The Bertz CT molecular complexity index is 640. The van der Waals surface area contributed by atoms with Crippen LogP contribution in [0.4, 0.5) is 0 Å². The number of rotatable bonds is 5. The lowest BCUT2D eigenvalue weighted by Crippen LogP contribution is -2.37. The second-order valence-corrected chi connectivity index (χ2v) is 5.35. The first-order valence-electron chi connectivity index (χ1n) is 7.21. The molecule has 6 heteroatoms. The van der Waals surface area contributed by atoms with E-state index >= 15 is 0 Å². The van der Waals surface area contributed by atoms with Crippen LogP contribution in [-0.4, -0.2) is 35.0 Å². The van der Waals surface area contributed by atoms with Gasteiger partial charge in [-0.2, -0.15) is 0 Å². The van der Waals surface area contributed by atoms with E-state index in [4.69, 9.17) is 4.52 Å². The van der Waals surface area contributed by atoms with Crippen molar-refractivity contribution in [2.24, 2.45) is 0 Å². The van der Waals surface area contributed by atoms with Crippen molar-refractivity contribution in [1.82, 2.24) is 15.4 Å². The number of likely N-dealkylation sites (tertiary alicyclic amines) is 1. The second kappa shape index (κ2) is 6.43. The molecule has 1 atom stereocenters. The quantitative estimate of drug-likeness (QED) is 0.903. The van der Waals surface area contributed by atoms with E-state index in [1.54, 1.807) is 11.0 Å². The van der Waals surface area contributed by atoms with Gasteiger partial charge in [0.05, 0.1) is 13.1 Å². The van der Waals surface area contributed by atoms with Crippen molar-refractivity contribution in [3.8, 4) is 0 Å². The third-order valence-corrected chi connectivity index (χ3v) is 3.78. The van der Waals surface area contributed by atoms with Gasteiger partial charge in [-0.25, -0.2) is 0 Å². The normalized spacial score (nSPS) is 17.7. The van der Waals surface area contributed by atoms with Crippen molar-refractivity contribution in [3.63, 3.8) is 0 Å². The number of benzene rings is 1. The van der Waals surface area contributed by atoms with Crippen LogP contribution in [0.2, 0.25) is 0 Å². The molecule has 0 spiro atoms. The van der Waals surface area contributed by atoms with Crippen LogP contribution >= 0.6 is 0 Å². The first kappa shape index (κ1) is 14.3. The zero-order chi connectivity index (χ0) is 15.4. The van der Waals surface area contributed by atoms with Crippen molar-refractivity contribution in [2.75, 3.05) is 13.1 Å². The smallest absolute Gasteiger partial charge is 0.239 e. The van der Waals surface area contributed by atoms with E-state index in [2.05, 4.69) is 10.5 Å². The average molecular weight is 299 g/mol. The molecule has 0 bridgehead atoms. The molecule has 6 nitrogen and oxygen atoms in total. The van der Waals surface area contributed by atoms with Gasteiger partial charge in [0.2, 0.25) is 11.8 Å². The summed E-state index contributed by atoms with van der Waals surface area (Å²) in [6.07, 6.45) is 1.91. The number of hydrogen-bond acceptors (Lipinski definition) is 4. The van der Waals surface area contributed by atoms with E-state index in [0.717, 1.165) is 5.56 Å². The Morgan fingerprint density at radius 3 is 2.86 bits per heavy atom. The molecule has 1 N–H and O–H groups in total. The maximum absolute atomic E-state index is 12.0. The zero-order valence-electron chi connectivity index (χ0n) is 12.1. The summed E-state index contributed by atoms with van der Waals surface area (Å²) in [6.45, 7) is 0.972. The van der Waals surface area contributed by atoms with E-state index in [1.807, 2.05) is 30.3 Å². The van der Waals surface area contributed by atoms with Crippen LogP contribution in [0.1, 0.15) is 23.6 Å². The largest absolute Gasteiger partial charge is 0.364 e. The number of nitrogens with zero attached hydrogens (tertiary/aromatic N) is 2. The molecule has 1 aromatic carbocycles. The van der Waals surface area contributed by atoms with Crippen LogP contribution in [0.25, 0.3) is 0 Å². The van der Waals surface area contributed by atoms with Gasteiger partial charge in [0.1, 0.15) is 12.0 Å². The fourth-order valence-corrected chi connectivity index (χ4v) is 2.62. The Morgan fingerprint density at radius 1 is 1.32 bits per heavy atom. The second-order valence-electron chi connectivity index (χ2n) is 5.35. The molecule has 1 aromatic heterocycles. The third kappa shape index (κ3) is 3.33. The molecule has 2 aromatic rings. The molecule has 1 aliphatic rings. The summed E-state index contributed by atoms with van der Waals surface area (Å²) in [5, 5.41) is 6.45. The lowest BCUT2D eigenvalue weighted by Gasteiger charge is -2.16. The Hall–Kier alpha value is -2.63. The van der Waals surface area contributed by atoms with Crippen molar-refractivity contribution in [3.05, 3.63) is 53.9 Å². The Labute approximate surface area is 128 Å². The fraction of sp³-hybridized carbons (Fsp3) is 0.312. The summed E-state index contributed by atoms with van der Waals surface area (Å²) in [7, 11) is 0. The van der Waals surface area contributed by atoms with Crippen molar-refractivity contribution in [1.29, 1.82) is 0 Å². The van der Waals surface area contributed by atoms with Gasteiger partial charge in [0, 0.05) is 24.9 Å². The molecule has 1 aliphatic heterocycles. The van der Waals surface area contributed by atoms with Gasteiger partial charge in [-0.3, -0.25) is 9.59 Å². The standard InChI is InChI=1S/C16H17N3O3/c20-15(17-9-14-6-7-22-18-14)11-19-10-13(8-16(19)21)12-4-2-1-3-5-12/h1-7,13H,8-11H2,(H,17,20)/t13-/m0/s1. The predicted octanol–water partition coefficient (Wildman–Crippen LogP) is 1.31. The van der Waals surface area contributed by atoms with Crippen molar-refractivity contribution >= 4 is 11.8 Å². The van der Waals surface area contributed by atoms with E-state index in [-0.39, 0.29) is 24.3 Å². The van der Waals surface area contributed by atoms with Crippen LogP contribution < -0.4 is 5.32 Å². The van der Waals surface area contributed by atoms with Crippen molar-refractivity contribution in [2.45, 2.75) is 18.9 Å². The molecule has 0 radical (unpaired) electrons. The molecule has 22 heavy (non-hydrogen) atoms.